The van der Waals surface area contributed by atoms with E-state index in [-0.39, 0.29) is 6.04 Å². The Morgan fingerprint density at radius 3 is 2.44 bits per heavy atom. The molecule has 0 aromatic carbocycles. The number of aromatic nitrogens is 2. The topological polar surface area (TPSA) is 64.0 Å². The minimum atomic E-state index is -3.43. The molecule has 1 N–H and O–H groups in total. The SMILES string of the molecule is CCn1nc(C)c(S(=O)(=O)NC2CCCC2)c1C. The summed E-state index contributed by atoms with van der Waals surface area (Å²) in [5, 5.41) is 4.27. The van der Waals surface area contributed by atoms with Gasteiger partial charge in [0.05, 0.1) is 11.4 Å². The van der Waals surface area contributed by atoms with Crippen LogP contribution in [0.4, 0.5) is 0 Å². The van der Waals surface area contributed by atoms with Gasteiger partial charge in [0.15, 0.2) is 0 Å². The lowest BCUT2D eigenvalue weighted by Gasteiger charge is -2.12. The second kappa shape index (κ2) is 5.01. The maximum absolute atomic E-state index is 12.4. The average Bonchev–Trinajstić information content (AvgIpc) is 2.86. The highest BCUT2D eigenvalue weighted by atomic mass is 32.2. The van der Waals surface area contributed by atoms with Crippen molar-refractivity contribution in [3.8, 4) is 0 Å². The third-order valence-corrected chi connectivity index (χ3v) is 5.33. The van der Waals surface area contributed by atoms with Crippen molar-refractivity contribution in [2.45, 2.75) is 63.9 Å². The molecule has 6 heteroatoms. The summed E-state index contributed by atoms with van der Waals surface area (Å²) >= 11 is 0. The van der Waals surface area contributed by atoms with Crippen molar-refractivity contribution in [1.82, 2.24) is 14.5 Å². The Labute approximate surface area is 109 Å². The Hall–Kier alpha value is -0.880. The van der Waals surface area contributed by atoms with Crippen molar-refractivity contribution in [1.29, 1.82) is 0 Å². The number of rotatable bonds is 4. The third kappa shape index (κ3) is 2.44. The van der Waals surface area contributed by atoms with Gasteiger partial charge in [-0.25, -0.2) is 13.1 Å². The summed E-state index contributed by atoms with van der Waals surface area (Å²) in [5.41, 5.74) is 1.31. The van der Waals surface area contributed by atoms with Crippen molar-refractivity contribution in [3.05, 3.63) is 11.4 Å². The van der Waals surface area contributed by atoms with Gasteiger partial charge in [0.25, 0.3) is 0 Å². The van der Waals surface area contributed by atoms with Crippen LogP contribution in [-0.2, 0) is 16.6 Å². The first-order valence-corrected chi connectivity index (χ1v) is 8.00. The van der Waals surface area contributed by atoms with Crippen LogP contribution < -0.4 is 4.72 Å². The van der Waals surface area contributed by atoms with Crippen molar-refractivity contribution in [3.63, 3.8) is 0 Å². The van der Waals surface area contributed by atoms with E-state index in [1.807, 2.05) is 13.8 Å². The standard InChI is InChI=1S/C12H21N3O2S/c1-4-15-10(3)12(9(2)13-15)18(16,17)14-11-7-5-6-8-11/h11,14H,4-8H2,1-3H3. The zero-order valence-electron chi connectivity index (χ0n) is 11.2. The Morgan fingerprint density at radius 1 is 1.33 bits per heavy atom. The fourth-order valence-electron chi connectivity index (χ4n) is 2.70. The molecule has 5 nitrogen and oxygen atoms in total. The van der Waals surface area contributed by atoms with Crippen molar-refractivity contribution in [2.75, 3.05) is 0 Å². The summed E-state index contributed by atoms with van der Waals surface area (Å²) in [7, 11) is -3.43. The van der Waals surface area contributed by atoms with Gasteiger partial charge in [0, 0.05) is 12.6 Å². The van der Waals surface area contributed by atoms with E-state index < -0.39 is 10.0 Å². The van der Waals surface area contributed by atoms with Gasteiger partial charge in [-0.3, -0.25) is 4.68 Å². The Bertz CT molecular complexity index is 528. The van der Waals surface area contributed by atoms with Gasteiger partial charge in [0.2, 0.25) is 10.0 Å². The summed E-state index contributed by atoms with van der Waals surface area (Å²) in [4.78, 5) is 0.358. The third-order valence-electron chi connectivity index (χ3n) is 3.56. The van der Waals surface area contributed by atoms with E-state index >= 15 is 0 Å². The van der Waals surface area contributed by atoms with Crippen molar-refractivity contribution >= 4 is 10.0 Å². The molecule has 102 valence electrons. The van der Waals surface area contributed by atoms with Gasteiger partial charge in [-0.2, -0.15) is 5.10 Å². The lowest BCUT2D eigenvalue weighted by atomic mass is 10.3. The fraction of sp³-hybridized carbons (Fsp3) is 0.750. The predicted octanol–water partition coefficient (Wildman–Crippen LogP) is 1.74. The van der Waals surface area contributed by atoms with Crippen LogP contribution in [0, 0.1) is 13.8 Å². The molecule has 1 aromatic heterocycles. The highest BCUT2D eigenvalue weighted by molar-refractivity contribution is 7.89. The normalized spacial score (nSPS) is 17.5. The molecule has 0 saturated heterocycles. The fourth-order valence-corrected chi connectivity index (χ4v) is 4.42. The minimum Gasteiger partial charge on any atom is -0.268 e. The Kier molecular flexibility index (Phi) is 3.77. The number of hydrogen-bond acceptors (Lipinski definition) is 3. The zero-order chi connectivity index (χ0) is 13.3. The van der Waals surface area contributed by atoms with Crippen LogP contribution in [0.5, 0.6) is 0 Å². The molecule has 18 heavy (non-hydrogen) atoms. The monoisotopic (exact) mass is 271 g/mol. The largest absolute Gasteiger partial charge is 0.268 e. The summed E-state index contributed by atoms with van der Waals surface area (Å²) in [5.74, 6) is 0. The molecule has 2 rings (SSSR count). The van der Waals surface area contributed by atoms with Gasteiger partial charge >= 0.3 is 0 Å². The average molecular weight is 271 g/mol. The molecule has 0 unspecified atom stereocenters. The van der Waals surface area contributed by atoms with Crippen LogP contribution in [0.1, 0.15) is 44.0 Å². The smallest absolute Gasteiger partial charge is 0.244 e. The van der Waals surface area contributed by atoms with E-state index in [0.29, 0.717) is 17.1 Å². The molecule has 0 atom stereocenters. The van der Waals surface area contributed by atoms with Crippen molar-refractivity contribution < 1.29 is 8.42 Å². The number of aryl methyl sites for hydroxylation is 2. The quantitative estimate of drug-likeness (QED) is 0.907. The Balaban J connectivity index is 2.31. The second-order valence-electron chi connectivity index (χ2n) is 4.92. The van der Waals surface area contributed by atoms with Crippen LogP contribution in [0.2, 0.25) is 0 Å². The molecule has 0 bridgehead atoms. The molecule has 1 aliphatic rings. The molecule has 1 aromatic rings. The molecule has 1 fully saturated rings. The lowest BCUT2D eigenvalue weighted by molar-refractivity contribution is 0.550. The molecule has 1 aliphatic carbocycles. The highest BCUT2D eigenvalue weighted by Crippen LogP contribution is 2.23. The van der Waals surface area contributed by atoms with Gasteiger partial charge in [0.1, 0.15) is 4.90 Å². The van der Waals surface area contributed by atoms with Gasteiger partial charge in [-0.15, -0.1) is 0 Å². The molecule has 1 heterocycles. The van der Waals surface area contributed by atoms with Gasteiger partial charge in [-0.1, -0.05) is 12.8 Å². The van der Waals surface area contributed by atoms with E-state index in [9.17, 15) is 8.42 Å². The number of nitrogens with one attached hydrogen (secondary N) is 1. The van der Waals surface area contributed by atoms with E-state index in [4.69, 9.17) is 0 Å². The molecule has 0 aliphatic heterocycles. The predicted molar refractivity (Wildman–Crippen MR) is 70.0 cm³/mol. The lowest BCUT2D eigenvalue weighted by Crippen LogP contribution is -2.33. The Morgan fingerprint density at radius 2 is 1.94 bits per heavy atom. The second-order valence-corrected chi connectivity index (χ2v) is 6.57. The van der Waals surface area contributed by atoms with E-state index in [1.54, 1.807) is 11.6 Å². The van der Waals surface area contributed by atoms with Crippen LogP contribution in [0.15, 0.2) is 4.90 Å². The first-order chi connectivity index (χ1) is 8.45. The van der Waals surface area contributed by atoms with Crippen LogP contribution in [-0.4, -0.2) is 24.2 Å². The van der Waals surface area contributed by atoms with Gasteiger partial charge in [-0.05, 0) is 33.6 Å². The molecule has 0 amide bonds. The molecule has 1 saturated carbocycles. The maximum atomic E-state index is 12.4. The summed E-state index contributed by atoms with van der Waals surface area (Å²) in [6, 6.07) is 0.0961. The van der Waals surface area contributed by atoms with Gasteiger partial charge < -0.3 is 0 Å². The first-order valence-electron chi connectivity index (χ1n) is 6.52. The molecular weight excluding hydrogens is 250 g/mol. The number of sulfonamides is 1. The number of hydrogen-bond donors (Lipinski definition) is 1. The maximum Gasteiger partial charge on any atom is 0.244 e. The first kappa shape index (κ1) is 13.5. The highest BCUT2D eigenvalue weighted by Gasteiger charge is 2.28. The van der Waals surface area contributed by atoms with Crippen LogP contribution >= 0.6 is 0 Å². The summed E-state index contributed by atoms with van der Waals surface area (Å²) in [6.45, 7) is 6.21. The van der Waals surface area contributed by atoms with E-state index in [2.05, 4.69) is 9.82 Å². The van der Waals surface area contributed by atoms with Crippen LogP contribution in [0.25, 0.3) is 0 Å². The molecular formula is C12H21N3O2S. The minimum absolute atomic E-state index is 0.0961. The molecule has 0 spiro atoms. The number of nitrogens with zero attached hydrogens (tertiary/aromatic N) is 2. The summed E-state index contributed by atoms with van der Waals surface area (Å²) < 4.78 is 29.3. The van der Waals surface area contributed by atoms with Crippen molar-refractivity contribution in [2.24, 2.45) is 0 Å². The van der Waals surface area contributed by atoms with E-state index in [0.717, 1.165) is 31.4 Å². The molecule has 0 radical (unpaired) electrons. The van der Waals surface area contributed by atoms with E-state index in [1.165, 1.54) is 0 Å². The zero-order valence-corrected chi connectivity index (χ0v) is 12.0. The van der Waals surface area contributed by atoms with Crippen LogP contribution in [0.3, 0.4) is 0 Å². The summed E-state index contributed by atoms with van der Waals surface area (Å²) in [6.07, 6.45) is 4.11.